The van der Waals surface area contributed by atoms with Gasteiger partial charge in [0.2, 0.25) is 0 Å². The fourth-order valence-corrected chi connectivity index (χ4v) is 0.837. The first kappa shape index (κ1) is 16.8. The molecule has 0 aliphatic heterocycles. The van der Waals surface area contributed by atoms with E-state index in [1.54, 1.807) is 27.7 Å². The van der Waals surface area contributed by atoms with Gasteiger partial charge < -0.3 is 20.4 Å². The van der Waals surface area contributed by atoms with Crippen LogP contribution in [0.15, 0.2) is 0 Å². The molecule has 0 rings (SSSR count). The molecule has 5 heteroatoms. The van der Waals surface area contributed by atoms with Gasteiger partial charge in [-0.1, -0.05) is 6.92 Å². The van der Waals surface area contributed by atoms with Crippen LogP contribution in [0.3, 0.4) is 0 Å². The molecule has 0 aliphatic rings. The minimum Gasteiger partial charge on any atom is -0.481 e. The molecule has 0 fully saturated rings. The van der Waals surface area contributed by atoms with Crippen LogP contribution in [0.5, 0.6) is 0 Å². The minimum absolute atomic E-state index is 0.228. The molecule has 0 saturated heterocycles. The number of carbonyl (C=O) groups is 1. The third-order valence-electron chi connectivity index (χ3n) is 2.65. The van der Waals surface area contributed by atoms with Crippen LogP contribution in [-0.4, -0.2) is 44.7 Å². The third-order valence-corrected chi connectivity index (χ3v) is 2.65. The number of rotatable bonds is 3. The number of aliphatic hydroxyl groups is 3. The fraction of sp³-hybridized carbons (Fsp3) is 0.900. The van der Waals surface area contributed by atoms with Crippen LogP contribution in [0.1, 0.15) is 34.6 Å². The van der Waals surface area contributed by atoms with Gasteiger partial charge in [0.1, 0.15) is 0 Å². The van der Waals surface area contributed by atoms with Crippen molar-refractivity contribution in [1.29, 1.82) is 0 Å². The summed E-state index contributed by atoms with van der Waals surface area (Å²) in [4.78, 5) is 9.00. The summed E-state index contributed by atoms with van der Waals surface area (Å²) < 4.78 is 0. The molecule has 0 spiro atoms. The molecule has 0 aromatic rings. The average molecular weight is 222 g/mol. The maximum Gasteiger partial charge on any atom is 0.300 e. The summed E-state index contributed by atoms with van der Waals surface area (Å²) in [5.41, 5.74) is -1.93. The van der Waals surface area contributed by atoms with Gasteiger partial charge in [-0.05, 0) is 20.8 Å². The number of carboxylic acids is 1. The number of aliphatic hydroxyl groups excluding tert-OH is 2. The van der Waals surface area contributed by atoms with Crippen LogP contribution >= 0.6 is 0 Å². The Morgan fingerprint density at radius 2 is 1.60 bits per heavy atom. The van der Waals surface area contributed by atoms with Gasteiger partial charge in [-0.3, -0.25) is 4.79 Å². The Balaban J connectivity index is 0. The maximum atomic E-state index is 9.59. The van der Waals surface area contributed by atoms with Crippen molar-refractivity contribution in [1.82, 2.24) is 0 Å². The smallest absolute Gasteiger partial charge is 0.300 e. The second-order valence-corrected chi connectivity index (χ2v) is 4.33. The lowest BCUT2D eigenvalue weighted by atomic mass is 9.72. The van der Waals surface area contributed by atoms with Crippen LogP contribution in [0.2, 0.25) is 0 Å². The van der Waals surface area contributed by atoms with Gasteiger partial charge in [0.05, 0.1) is 18.3 Å². The van der Waals surface area contributed by atoms with E-state index in [4.69, 9.17) is 15.0 Å². The van der Waals surface area contributed by atoms with Gasteiger partial charge in [0, 0.05) is 12.3 Å². The van der Waals surface area contributed by atoms with Crippen molar-refractivity contribution < 1.29 is 25.2 Å². The van der Waals surface area contributed by atoms with Crippen LogP contribution in [0.4, 0.5) is 0 Å². The SMILES string of the molecule is CC(=O)O.CC(O)C(C)(CO)C(C)(C)O. The van der Waals surface area contributed by atoms with E-state index in [2.05, 4.69) is 0 Å². The van der Waals surface area contributed by atoms with Crippen LogP contribution in [0, 0.1) is 5.41 Å². The Kier molecular flexibility index (Phi) is 6.76. The van der Waals surface area contributed by atoms with E-state index in [9.17, 15) is 10.2 Å². The molecule has 0 bridgehead atoms. The van der Waals surface area contributed by atoms with Crippen LogP contribution < -0.4 is 0 Å². The van der Waals surface area contributed by atoms with Gasteiger partial charge >= 0.3 is 0 Å². The van der Waals surface area contributed by atoms with E-state index >= 15 is 0 Å². The molecule has 0 aromatic heterocycles. The Morgan fingerprint density at radius 3 is 1.60 bits per heavy atom. The fourth-order valence-electron chi connectivity index (χ4n) is 0.837. The first-order chi connectivity index (χ1) is 6.49. The first-order valence-electron chi connectivity index (χ1n) is 4.70. The predicted octanol–water partition coefficient (Wildman–Crippen LogP) is 0.228. The van der Waals surface area contributed by atoms with E-state index in [0.29, 0.717) is 0 Å². The molecule has 5 nitrogen and oxygen atoms in total. The van der Waals surface area contributed by atoms with Gasteiger partial charge in [0.25, 0.3) is 5.97 Å². The monoisotopic (exact) mass is 222 g/mol. The highest BCUT2D eigenvalue weighted by Gasteiger charge is 2.42. The van der Waals surface area contributed by atoms with Crippen molar-refractivity contribution in [3.8, 4) is 0 Å². The van der Waals surface area contributed by atoms with Gasteiger partial charge in [0.15, 0.2) is 0 Å². The number of aliphatic carboxylic acids is 1. The maximum absolute atomic E-state index is 9.59. The lowest BCUT2D eigenvalue weighted by Gasteiger charge is -2.41. The average Bonchev–Trinajstić information content (AvgIpc) is 1.99. The van der Waals surface area contributed by atoms with Gasteiger partial charge in [-0.25, -0.2) is 0 Å². The molecule has 0 saturated carbocycles. The van der Waals surface area contributed by atoms with Crippen molar-refractivity contribution in [2.45, 2.75) is 46.3 Å². The van der Waals surface area contributed by atoms with Crippen molar-refractivity contribution >= 4 is 5.97 Å². The molecule has 2 atom stereocenters. The highest BCUT2D eigenvalue weighted by Crippen LogP contribution is 2.33. The number of hydrogen-bond acceptors (Lipinski definition) is 4. The van der Waals surface area contributed by atoms with Crippen LogP contribution in [-0.2, 0) is 4.79 Å². The summed E-state index contributed by atoms with van der Waals surface area (Å²) in [7, 11) is 0. The molecular weight excluding hydrogens is 200 g/mol. The molecule has 0 heterocycles. The standard InChI is InChI=1S/C8H18O3.C2H4O2/c1-6(10)8(4,5-9)7(2,3)11;1-2(3)4/h6,9-11H,5H2,1-4H3;1H3,(H,3,4). The minimum atomic E-state index is -1.07. The van der Waals surface area contributed by atoms with Gasteiger partial charge in [-0.2, -0.15) is 0 Å². The second kappa shape index (κ2) is 6.05. The zero-order valence-electron chi connectivity index (χ0n) is 9.98. The van der Waals surface area contributed by atoms with Gasteiger partial charge in [-0.15, -0.1) is 0 Å². The van der Waals surface area contributed by atoms with Crippen LogP contribution in [0.25, 0.3) is 0 Å². The number of hydrogen-bond donors (Lipinski definition) is 4. The lowest BCUT2D eigenvalue weighted by Crippen LogP contribution is -2.51. The zero-order chi connectivity index (χ0) is 12.9. The molecule has 0 aromatic carbocycles. The Morgan fingerprint density at radius 1 is 1.33 bits per heavy atom. The summed E-state index contributed by atoms with van der Waals surface area (Å²) in [6.07, 6.45) is -0.729. The predicted molar refractivity (Wildman–Crippen MR) is 56.5 cm³/mol. The molecule has 92 valence electrons. The van der Waals surface area contributed by atoms with E-state index in [1.807, 2.05) is 0 Å². The van der Waals surface area contributed by atoms with E-state index in [-0.39, 0.29) is 6.61 Å². The summed E-state index contributed by atoms with van der Waals surface area (Å²) >= 11 is 0. The Hall–Kier alpha value is -0.650. The summed E-state index contributed by atoms with van der Waals surface area (Å²) in [5.74, 6) is -0.833. The lowest BCUT2D eigenvalue weighted by molar-refractivity contribution is -0.134. The molecule has 4 N–H and O–H groups in total. The van der Waals surface area contributed by atoms with Crippen molar-refractivity contribution in [3.05, 3.63) is 0 Å². The normalized spacial score (nSPS) is 17.1. The number of carboxylic acid groups (broad SMARTS) is 1. The van der Waals surface area contributed by atoms with E-state index in [1.165, 1.54) is 0 Å². The molecule has 15 heavy (non-hydrogen) atoms. The Bertz CT molecular complexity index is 190. The largest absolute Gasteiger partial charge is 0.481 e. The third kappa shape index (κ3) is 5.71. The van der Waals surface area contributed by atoms with Crippen molar-refractivity contribution in [2.75, 3.05) is 6.61 Å². The first-order valence-corrected chi connectivity index (χ1v) is 4.70. The van der Waals surface area contributed by atoms with E-state index in [0.717, 1.165) is 6.92 Å². The zero-order valence-corrected chi connectivity index (χ0v) is 9.98. The Labute approximate surface area is 90.4 Å². The second-order valence-electron chi connectivity index (χ2n) is 4.33. The molecule has 0 amide bonds. The summed E-state index contributed by atoms with van der Waals surface area (Å²) in [5, 5.41) is 35.3. The highest BCUT2D eigenvalue weighted by molar-refractivity contribution is 5.62. The topological polar surface area (TPSA) is 98.0 Å². The van der Waals surface area contributed by atoms with E-state index < -0.39 is 23.1 Å². The highest BCUT2D eigenvalue weighted by atomic mass is 16.4. The molecular formula is C10H22O5. The van der Waals surface area contributed by atoms with Crippen molar-refractivity contribution in [3.63, 3.8) is 0 Å². The molecule has 0 aliphatic carbocycles. The summed E-state index contributed by atoms with van der Waals surface area (Å²) in [6, 6.07) is 0. The van der Waals surface area contributed by atoms with Crippen molar-refractivity contribution in [2.24, 2.45) is 5.41 Å². The molecule has 2 unspecified atom stereocenters. The quantitative estimate of drug-likeness (QED) is 0.548. The molecule has 0 radical (unpaired) electrons. The summed E-state index contributed by atoms with van der Waals surface area (Å²) in [6.45, 7) is 7.23.